The maximum Gasteiger partial charge on any atom is 0.322 e. The third kappa shape index (κ3) is 3.98. The average Bonchev–Trinajstić information content (AvgIpc) is 3.24. The van der Waals surface area contributed by atoms with Gasteiger partial charge in [0.15, 0.2) is 5.82 Å². The first-order valence-electron chi connectivity index (χ1n) is 9.78. The molecule has 0 aromatic carbocycles. The van der Waals surface area contributed by atoms with Gasteiger partial charge in [-0.3, -0.25) is 0 Å². The lowest BCUT2D eigenvalue weighted by Crippen LogP contribution is -2.45. The number of aryl methyl sites for hydroxylation is 1. The Labute approximate surface area is 164 Å². The number of carbonyl (C=O) groups is 1. The van der Waals surface area contributed by atoms with E-state index in [1.807, 2.05) is 31.2 Å². The Morgan fingerprint density at radius 3 is 2.79 bits per heavy atom. The molecular weight excluding hydrogens is 360 g/mol. The molecule has 0 spiro atoms. The topological polar surface area (TPSA) is 80.1 Å². The standard InChI is InChI=1S/C20H26N4O4/c1-2-15-5-6-18(28-15)17-14-27-13-10-24(17)20(25)22-16-4-3-7-21-19(16)23-8-11-26-12-9-23/h3-7,17H,2,8-14H2,1H3,(H,22,25)/t17-/m0/s1. The van der Waals surface area contributed by atoms with Gasteiger partial charge in [0.25, 0.3) is 0 Å². The van der Waals surface area contributed by atoms with Gasteiger partial charge in [0, 0.05) is 32.3 Å². The highest BCUT2D eigenvalue weighted by Crippen LogP contribution is 2.29. The molecule has 2 fully saturated rings. The van der Waals surface area contributed by atoms with Crippen LogP contribution in [-0.2, 0) is 15.9 Å². The van der Waals surface area contributed by atoms with E-state index < -0.39 is 0 Å². The van der Waals surface area contributed by atoms with Gasteiger partial charge in [-0.05, 0) is 24.3 Å². The molecule has 0 unspecified atom stereocenters. The zero-order valence-electron chi connectivity index (χ0n) is 16.1. The van der Waals surface area contributed by atoms with Crippen LogP contribution >= 0.6 is 0 Å². The average molecular weight is 386 g/mol. The number of nitrogens with zero attached hydrogens (tertiary/aromatic N) is 3. The quantitative estimate of drug-likeness (QED) is 0.870. The number of hydrogen-bond donors (Lipinski definition) is 1. The van der Waals surface area contributed by atoms with Gasteiger partial charge in [0.2, 0.25) is 0 Å². The van der Waals surface area contributed by atoms with E-state index in [1.165, 1.54) is 0 Å². The molecule has 2 aromatic rings. The first kappa shape index (κ1) is 18.8. The van der Waals surface area contributed by atoms with Crippen molar-refractivity contribution in [2.24, 2.45) is 0 Å². The Balaban J connectivity index is 1.52. The van der Waals surface area contributed by atoms with Crippen molar-refractivity contribution in [3.05, 3.63) is 42.0 Å². The first-order chi connectivity index (χ1) is 13.8. The SMILES string of the molecule is CCc1ccc([C@@H]2COCCN2C(=O)Nc2cccnc2N2CCOCC2)o1. The van der Waals surface area contributed by atoms with Crippen molar-refractivity contribution < 1.29 is 18.7 Å². The van der Waals surface area contributed by atoms with Crippen molar-refractivity contribution in [2.45, 2.75) is 19.4 Å². The van der Waals surface area contributed by atoms with Crippen molar-refractivity contribution in [3.63, 3.8) is 0 Å². The maximum absolute atomic E-state index is 13.1. The summed E-state index contributed by atoms with van der Waals surface area (Å²) in [4.78, 5) is 21.5. The number of urea groups is 1. The molecule has 4 rings (SSSR count). The summed E-state index contributed by atoms with van der Waals surface area (Å²) in [5.74, 6) is 2.43. The number of hydrogen-bond acceptors (Lipinski definition) is 6. The maximum atomic E-state index is 13.1. The number of pyridine rings is 1. The summed E-state index contributed by atoms with van der Waals surface area (Å²) in [6.45, 7) is 6.31. The van der Waals surface area contributed by atoms with Crippen LogP contribution in [0.1, 0.15) is 24.5 Å². The highest BCUT2D eigenvalue weighted by Gasteiger charge is 2.31. The molecule has 2 aliphatic heterocycles. The number of morpholine rings is 2. The number of furan rings is 1. The van der Waals surface area contributed by atoms with Gasteiger partial charge in [-0.2, -0.15) is 0 Å². The monoisotopic (exact) mass is 386 g/mol. The van der Waals surface area contributed by atoms with E-state index in [4.69, 9.17) is 13.9 Å². The molecule has 0 aliphatic carbocycles. The normalized spacial score (nSPS) is 20.2. The Morgan fingerprint density at radius 1 is 1.18 bits per heavy atom. The lowest BCUT2D eigenvalue weighted by atomic mass is 10.2. The number of anilines is 2. The highest BCUT2D eigenvalue weighted by atomic mass is 16.5. The fraction of sp³-hybridized carbons (Fsp3) is 0.500. The summed E-state index contributed by atoms with van der Waals surface area (Å²) in [5, 5.41) is 3.04. The number of carbonyl (C=O) groups excluding carboxylic acids is 1. The van der Waals surface area contributed by atoms with E-state index in [-0.39, 0.29) is 12.1 Å². The summed E-state index contributed by atoms with van der Waals surface area (Å²) in [6, 6.07) is 7.19. The summed E-state index contributed by atoms with van der Waals surface area (Å²) in [5.41, 5.74) is 0.702. The van der Waals surface area contributed by atoms with Gasteiger partial charge in [-0.25, -0.2) is 9.78 Å². The number of amides is 2. The molecule has 2 amide bonds. The van der Waals surface area contributed by atoms with Crippen LogP contribution in [0.5, 0.6) is 0 Å². The summed E-state index contributed by atoms with van der Waals surface area (Å²) in [7, 11) is 0. The largest absolute Gasteiger partial charge is 0.464 e. The lowest BCUT2D eigenvalue weighted by Gasteiger charge is -2.35. The van der Waals surface area contributed by atoms with Crippen LogP contribution in [0.2, 0.25) is 0 Å². The van der Waals surface area contributed by atoms with E-state index in [0.717, 1.165) is 36.8 Å². The van der Waals surface area contributed by atoms with Crippen molar-refractivity contribution in [3.8, 4) is 0 Å². The van der Waals surface area contributed by atoms with E-state index in [0.29, 0.717) is 38.7 Å². The number of aromatic nitrogens is 1. The molecule has 0 saturated carbocycles. The molecule has 2 aliphatic rings. The van der Waals surface area contributed by atoms with Crippen LogP contribution in [0.3, 0.4) is 0 Å². The Kier molecular flexibility index (Phi) is 5.78. The van der Waals surface area contributed by atoms with Crippen LogP contribution in [0.25, 0.3) is 0 Å². The molecule has 150 valence electrons. The van der Waals surface area contributed by atoms with Crippen molar-refractivity contribution in [2.75, 3.05) is 56.3 Å². The van der Waals surface area contributed by atoms with E-state index in [1.54, 1.807) is 11.1 Å². The predicted octanol–water partition coefficient (Wildman–Crippen LogP) is 2.68. The van der Waals surface area contributed by atoms with Crippen LogP contribution < -0.4 is 10.2 Å². The number of nitrogens with one attached hydrogen (secondary N) is 1. The van der Waals surface area contributed by atoms with E-state index in [9.17, 15) is 4.79 Å². The Bertz CT molecular complexity index is 803. The van der Waals surface area contributed by atoms with Crippen molar-refractivity contribution in [1.29, 1.82) is 0 Å². The minimum atomic E-state index is -0.238. The summed E-state index contributed by atoms with van der Waals surface area (Å²) < 4.78 is 16.9. The second kappa shape index (κ2) is 8.62. The minimum Gasteiger partial charge on any atom is -0.464 e. The predicted molar refractivity (Wildman–Crippen MR) is 105 cm³/mol. The van der Waals surface area contributed by atoms with Gasteiger partial charge in [-0.15, -0.1) is 0 Å². The van der Waals surface area contributed by atoms with Gasteiger partial charge in [0.05, 0.1) is 32.1 Å². The first-order valence-corrected chi connectivity index (χ1v) is 9.78. The molecule has 2 aromatic heterocycles. The van der Waals surface area contributed by atoms with Crippen LogP contribution in [0, 0.1) is 0 Å². The smallest absolute Gasteiger partial charge is 0.322 e. The summed E-state index contributed by atoms with van der Waals surface area (Å²) >= 11 is 0. The summed E-state index contributed by atoms with van der Waals surface area (Å²) in [6.07, 6.45) is 2.56. The highest BCUT2D eigenvalue weighted by molar-refractivity contribution is 5.92. The molecule has 8 heteroatoms. The van der Waals surface area contributed by atoms with Gasteiger partial charge >= 0.3 is 6.03 Å². The molecule has 0 bridgehead atoms. The van der Waals surface area contributed by atoms with Crippen LogP contribution in [0.4, 0.5) is 16.3 Å². The second-order valence-corrected chi connectivity index (χ2v) is 6.85. The molecule has 1 atom stereocenters. The molecule has 8 nitrogen and oxygen atoms in total. The van der Waals surface area contributed by atoms with Crippen LogP contribution in [-0.4, -0.2) is 62.0 Å². The third-order valence-electron chi connectivity index (χ3n) is 5.09. The second-order valence-electron chi connectivity index (χ2n) is 6.85. The zero-order chi connectivity index (χ0) is 19.3. The van der Waals surface area contributed by atoms with Gasteiger partial charge < -0.3 is 29.0 Å². The van der Waals surface area contributed by atoms with Crippen molar-refractivity contribution in [1.82, 2.24) is 9.88 Å². The number of ether oxygens (including phenoxy) is 2. The Morgan fingerprint density at radius 2 is 2.00 bits per heavy atom. The molecule has 2 saturated heterocycles. The molecule has 28 heavy (non-hydrogen) atoms. The number of rotatable bonds is 4. The fourth-order valence-corrected chi connectivity index (χ4v) is 3.55. The van der Waals surface area contributed by atoms with E-state index in [2.05, 4.69) is 15.2 Å². The molecule has 0 radical (unpaired) electrons. The molecule has 1 N–H and O–H groups in total. The lowest BCUT2D eigenvalue weighted by molar-refractivity contribution is 0.00702. The third-order valence-corrected chi connectivity index (χ3v) is 5.09. The minimum absolute atomic E-state index is 0.176. The van der Waals surface area contributed by atoms with Crippen molar-refractivity contribution >= 4 is 17.5 Å². The van der Waals surface area contributed by atoms with Gasteiger partial charge in [0.1, 0.15) is 17.6 Å². The molecular formula is C20H26N4O4. The zero-order valence-corrected chi connectivity index (χ0v) is 16.1. The fourth-order valence-electron chi connectivity index (χ4n) is 3.55. The van der Waals surface area contributed by atoms with Gasteiger partial charge in [-0.1, -0.05) is 6.92 Å². The molecule has 4 heterocycles. The Hall–Kier alpha value is -2.58. The van der Waals surface area contributed by atoms with Crippen LogP contribution in [0.15, 0.2) is 34.9 Å². The van der Waals surface area contributed by atoms with E-state index >= 15 is 0 Å².